The maximum atomic E-state index is 13.4. The summed E-state index contributed by atoms with van der Waals surface area (Å²) >= 11 is 2.04. The molecule has 0 aliphatic carbocycles. The summed E-state index contributed by atoms with van der Waals surface area (Å²) in [5.74, 6) is 0.403. The first-order valence-electron chi connectivity index (χ1n) is 9.03. The maximum Gasteiger partial charge on any atom is 0.421 e. The summed E-state index contributed by atoms with van der Waals surface area (Å²) in [6, 6.07) is 14.0. The fraction of sp³-hybridized carbons (Fsp3) is 0.238. The molecule has 30 heavy (non-hydrogen) atoms. The molecule has 3 rings (SSSR count). The van der Waals surface area contributed by atoms with Crippen LogP contribution in [0.15, 0.2) is 54.7 Å². The number of anilines is 4. The Kier molecular flexibility index (Phi) is 6.39. The van der Waals surface area contributed by atoms with Gasteiger partial charge in [-0.1, -0.05) is 12.1 Å². The molecule has 0 fully saturated rings. The van der Waals surface area contributed by atoms with E-state index in [-0.39, 0.29) is 17.4 Å². The zero-order valence-corrected chi connectivity index (χ0v) is 18.7. The molecule has 0 saturated heterocycles. The summed E-state index contributed by atoms with van der Waals surface area (Å²) in [6.45, 7) is 5.83. The van der Waals surface area contributed by atoms with Crippen LogP contribution >= 0.6 is 22.6 Å². The van der Waals surface area contributed by atoms with Gasteiger partial charge in [-0.3, -0.25) is 0 Å². The highest BCUT2D eigenvalue weighted by atomic mass is 127. The molecule has 5 nitrogen and oxygen atoms in total. The molecule has 158 valence electrons. The zero-order chi connectivity index (χ0) is 21.9. The van der Waals surface area contributed by atoms with Gasteiger partial charge in [0.25, 0.3) is 0 Å². The Hall–Kier alpha value is -2.56. The van der Waals surface area contributed by atoms with Crippen molar-refractivity contribution in [2.24, 2.45) is 0 Å². The van der Waals surface area contributed by atoms with Gasteiger partial charge in [-0.15, -0.1) is 0 Å². The van der Waals surface area contributed by atoms with Crippen LogP contribution in [0, 0.1) is 3.57 Å². The Balaban J connectivity index is 1.86. The minimum absolute atomic E-state index is 0.0425. The number of hydrogen-bond acceptors (Lipinski definition) is 5. The van der Waals surface area contributed by atoms with E-state index in [4.69, 9.17) is 4.74 Å². The molecule has 2 aromatic carbocycles. The lowest BCUT2D eigenvalue weighted by Crippen LogP contribution is -2.22. The number of ether oxygens (including phenoxy) is 1. The van der Waals surface area contributed by atoms with E-state index in [2.05, 4.69) is 20.6 Å². The van der Waals surface area contributed by atoms with Crippen molar-refractivity contribution in [1.29, 1.82) is 0 Å². The monoisotopic (exact) mass is 528 g/mol. The van der Waals surface area contributed by atoms with Crippen LogP contribution in [0.4, 0.5) is 36.3 Å². The van der Waals surface area contributed by atoms with Gasteiger partial charge >= 0.3 is 6.18 Å². The molecule has 0 radical (unpaired) electrons. The Bertz CT molecular complexity index is 1020. The van der Waals surface area contributed by atoms with Crippen LogP contribution in [-0.2, 0) is 6.18 Å². The number of halogens is 4. The average molecular weight is 528 g/mol. The maximum absolute atomic E-state index is 13.4. The number of para-hydroxylation sites is 1. The number of hydrogen-bond donors (Lipinski definition) is 2. The van der Waals surface area contributed by atoms with Crippen molar-refractivity contribution in [1.82, 2.24) is 9.97 Å². The summed E-state index contributed by atoms with van der Waals surface area (Å²) in [4.78, 5) is 7.90. The smallest absolute Gasteiger partial charge is 0.421 e. The fourth-order valence-corrected chi connectivity index (χ4v) is 3.05. The summed E-state index contributed by atoms with van der Waals surface area (Å²) in [5.41, 5.74) is -0.129. The third-order valence-electron chi connectivity index (χ3n) is 3.76. The van der Waals surface area contributed by atoms with Crippen LogP contribution in [0.25, 0.3) is 0 Å². The number of benzene rings is 2. The molecule has 0 amide bonds. The second-order valence-corrected chi connectivity index (χ2v) is 8.58. The molecule has 0 aliphatic rings. The quantitative estimate of drug-likeness (QED) is 0.359. The van der Waals surface area contributed by atoms with Gasteiger partial charge in [0.05, 0.1) is 5.69 Å². The van der Waals surface area contributed by atoms with Gasteiger partial charge < -0.3 is 15.4 Å². The number of aromatic nitrogens is 2. The van der Waals surface area contributed by atoms with E-state index in [0.29, 0.717) is 17.1 Å². The van der Waals surface area contributed by atoms with Crippen LogP contribution in [-0.4, -0.2) is 15.6 Å². The van der Waals surface area contributed by atoms with Gasteiger partial charge in [-0.25, -0.2) is 4.98 Å². The Labute approximate surface area is 186 Å². The molecule has 0 atom stereocenters. The van der Waals surface area contributed by atoms with Crippen LogP contribution in [0.2, 0.25) is 0 Å². The summed E-state index contributed by atoms with van der Waals surface area (Å²) < 4.78 is 46.8. The minimum Gasteiger partial charge on any atom is -0.488 e. The highest BCUT2D eigenvalue weighted by Gasteiger charge is 2.35. The van der Waals surface area contributed by atoms with Crippen LogP contribution in [0.5, 0.6) is 5.75 Å². The van der Waals surface area contributed by atoms with E-state index in [0.717, 1.165) is 9.77 Å². The van der Waals surface area contributed by atoms with E-state index < -0.39 is 11.7 Å². The third kappa shape index (κ3) is 5.97. The number of alkyl halides is 3. The molecule has 0 bridgehead atoms. The lowest BCUT2D eigenvalue weighted by Gasteiger charge is -2.21. The summed E-state index contributed by atoms with van der Waals surface area (Å²) in [6.07, 6.45) is -3.82. The van der Waals surface area contributed by atoms with Gasteiger partial charge in [-0.05, 0) is 79.8 Å². The van der Waals surface area contributed by atoms with Crippen LogP contribution < -0.4 is 15.4 Å². The minimum atomic E-state index is -4.59. The van der Waals surface area contributed by atoms with Crippen molar-refractivity contribution in [3.8, 4) is 5.75 Å². The normalized spacial score (nSPS) is 11.8. The first-order chi connectivity index (χ1) is 14.0. The van der Waals surface area contributed by atoms with E-state index >= 15 is 0 Å². The van der Waals surface area contributed by atoms with Gasteiger partial charge in [0, 0.05) is 15.5 Å². The fourth-order valence-electron chi connectivity index (χ4n) is 2.52. The largest absolute Gasteiger partial charge is 0.488 e. The molecule has 2 N–H and O–H groups in total. The molecule has 1 aromatic heterocycles. The molecule has 0 unspecified atom stereocenters. The number of nitrogens with one attached hydrogen (secondary N) is 2. The van der Waals surface area contributed by atoms with Gasteiger partial charge in [0.2, 0.25) is 5.95 Å². The van der Waals surface area contributed by atoms with Crippen LogP contribution in [0.1, 0.15) is 26.3 Å². The molecule has 3 aromatic rings. The Morgan fingerprint density at radius 2 is 1.60 bits per heavy atom. The zero-order valence-electron chi connectivity index (χ0n) is 16.5. The van der Waals surface area contributed by atoms with Crippen LogP contribution in [0.3, 0.4) is 0 Å². The molecule has 0 aliphatic heterocycles. The van der Waals surface area contributed by atoms with Crippen molar-refractivity contribution < 1.29 is 17.9 Å². The first-order valence-corrected chi connectivity index (χ1v) is 10.1. The second-order valence-electron chi connectivity index (χ2n) is 7.42. The highest BCUT2D eigenvalue weighted by molar-refractivity contribution is 14.1. The Morgan fingerprint density at radius 1 is 0.933 bits per heavy atom. The predicted octanol–water partition coefficient (Wildman–Crippen LogP) is 6.76. The molecular weight excluding hydrogens is 508 g/mol. The first kappa shape index (κ1) is 22.1. The van der Waals surface area contributed by atoms with Gasteiger partial charge in [0.15, 0.2) is 0 Å². The number of nitrogens with zero attached hydrogens (tertiary/aromatic N) is 2. The number of rotatable bonds is 5. The van der Waals surface area contributed by atoms with E-state index in [1.807, 2.05) is 43.4 Å². The molecule has 1 heterocycles. The van der Waals surface area contributed by atoms with Crippen molar-refractivity contribution >= 4 is 45.7 Å². The standard InChI is InChI=1S/C21H20F3IN4O/c1-20(2,3)30-14-10-8-13(9-11-14)27-19-26-12-15(21(22,23)24)18(29-19)28-17-7-5-4-6-16(17)25/h4-12H,1-3H3,(H2,26,27,28,29). The molecule has 9 heteroatoms. The Morgan fingerprint density at radius 3 is 2.20 bits per heavy atom. The van der Waals surface area contributed by atoms with E-state index in [1.165, 1.54) is 0 Å². The highest BCUT2D eigenvalue weighted by Crippen LogP contribution is 2.36. The molecule has 0 spiro atoms. The van der Waals surface area contributed by atoms with Crippen molar-refractivity contribution in [2.75, 3.05) is 10.6 Å². The van der Waals surface area contributed by atoms with Crippen molar-refractivity contribution in [3.63, 3.8) is 0 Å². The lowest BCUT2D eigenvalue weighted by atomic mass is 10.2. The van der Waals surface area contributed by atoms with Gasteiger partial charge in [0.1, 0.15) is 22.7 Å². The molecule has 0 saturated carbocycles. The van der Waals surface area contributed by atoms with Gasteiger partial charge in [-0.2, -0.15) is 18.2 Å². The second kappa shape index (κ2) is 8.66. The summed E-state index contributed by atoms with van der Waals surface area (Å²) in [5, 5.41) is 5.70. The average Bonchev–Trinajstić information content (AvgIpc) is 2.63. The van der Waals surface area contributed by atoms with Crippen molar-refractivity contribution in [3.05, 3.63) is 63.9 Å². The van der Waals surface area contributed by atoms with E-state index in [9.17, 15) is 13.2 Å². The predicted molar refractivity (Wildman–Crippen MR) is 120 cm³/mol. The molecular formula is C21H20F3IN4O. The third-order valence-corrected chi connectivity index (χ3v) is 4.70. The summed E-state index contributed by atoms with van der Waals surface area (Å²) in [7, 11) is 0. The lowest BCUT2D eigenvalue weighted by molar-refractivity contribution is -0.137. The topological polar surface area (TPSA) is 59.1 Å². The van der Waals surface area contributed by atoms with Crippen molar-refractivity contribution in [2.45, 2.75) is 32.5 Å². The van der Waals surface area contributed by atoms with E-state index in [1.54, 1.807) is 48.5 Å². The SMILES string of the molecule is CC(C)(C)Oc1ccc(Nc2ncc(C(F)(F)F)c(Nc3ccccc3I)n2)cc1.